The van der Waals surface area contributed by atoms with Crippen LogP contribution in [0.3, 0.4) is 0 Å². The molecule has 0 radical (unpaired) electrons. The van der Waals surface area contributed by atoms with Gasteiger partial charge in [-0.15, -0.1) is 4.41 Å². The van der Waals surface area contributed by atoms with Crippen molar-refractivity contribution in [3.8, 4) is 5.75 Å². The number of hydrogen-bond donors (Lipinski definition) is 1. The number of carbonyl (C=O) groups is 1. The second kappa shape index (κ2) is 9.21. The van der Waals surface area contributed by atoms with Gasteiger partial charge in [0, 0.05) is 22.2 Å². The van der Waals surface area contributed by atoms with E-state index in [1.165, 1.54) is 60.7 Å². The molecule has 12 heteroatoms. The number of nitrogens with one attached hydrogen (secondary N) is 1. The minimum Gasteiger partial charge on any atom is -0.408 e. The van der Waals surface area contributed by atoms with Crippen molar-refractivity contribution in [1.82, 2.24) is 4.41 Å². The number of halogens is 2. The number of benzene rings is 3. The Balaban J connectivity index is 1.93. The number of hydrazine groups is 1. The average Bonchev–Trinajstić information content (AvgIpc) is 2.73. The topological polar surface area (TPSA) is 119 Å². The molecular weight excluding hydrogens is 469 g/mol. The molecule has 0 spiro atoms. The van der Waals surface area contributed by atoms with Crippen LogP contribution in [0.5, 0.6) is 5.75 Å². The third-order valence-corrected chi connectivity index (χ3v) is 5.94. The number of nitrogens with zero attached hydrogens (tertiary/aromatic N) is 2. The van der Waals surface area contributed by atoms with Crippen molar-refractivity contribution in [2.75, 3.05) is 5.43 Å². The Hall–Kier alpha value is -3.34. The largest absolute Gasteiger partial charge is 0.449 e. The van der Waals surface area contributed by atoms with Crippen LogP contribution in [0.1, 0.15) is 0 Å². The molecule has 0 aliphatic carbocycles. The van der Waals surface area contributed by atoms with E-state index in [9.17, 15) is 23.3 Å². The number of ether oxygens (including phenoxy) is 1. The second-order valence-electron chi connectivity index (χ2n) is 5.96. The molecule has 0 aliphatic rings. The molecule has 9 nitrogen and oxygen atoms in total. The number of sulfonamides is 1. The lowest BCUT2D eigenvalue weighted by molar-refractivity contribution is -0.384. The quantitative estimate of drug-likeness (QED) is 0.383. The molecule has 31 heavy (non-hydrogen) atoms. The van der Waals surface area contributed by atoms with Crippen molar-refractivity contribution in [2.45, 2.75) is 4.90 Å². The third-order valence-electron chi connectivity index (χ3n) is 3.85. The summed E-state index contributed by atoms with van der Waals surface area (Å²) in [5.74, 6) is -0.0928. The van der Waals surface area contributed by atoms with Gasteiger partial charge in [0.1, 0.15) is 5.75 Å². The van der Waals surface area contributed by atoms with Crippen LogP contribution in [0.4, 0.5) is 16.2 Å². The lowest BCUT2D eigenvalue weighted by Crippen LogP contribution is -2.43. The average molecular weight is 482 g/mol. The Morgan fingerprint density at radius 2 is 1.42 bits per heavy atom. The summed E-state index contributed by atoms with van der Waals surface area (Å²) >= 11 is 11.7. The lowest BCUT2D eigenvalue weighted by Gasteiger charge is -2.23. The standard InChI is InChI=1S/C19H13Cl2N3O6S/c20-13-1-5-15(6-2-13)22-23(31(28,29)18-11-3-14(21)4-12-18)19(25)30-17-9-7-16(8-10-17)24(26)27/h1-12,22H. The highest BCUT2D eigenvalue weighted by Crippen LogP contribution is 2.23. The van der Waals surface area contributed by atoms with Crippen molar-refractivity contribution >= 4 is 50.7 Å². The predicted octanol–water partition coefficient (Wildman–Crippen LogP) is 5.12. The molecule has 0 heterocycles. The smallest absolute Gasteiger partial charge is 0.408 e. The molecule has 3 rings (SSSR count). The van der Waals surface area contributed by atoms with E-state index in [0.29, 0.717) is 14.5 Å². The molecule has 0 saturated carbocycles. The summed E-state index contributed by atoms with van der Waals surface area (Å²) < 4.78 is 31.6. The number of non-ortho nitro benzene ring substituents is 1. The number of nitro groups is 1. The zero-order valence-electron chi connectivity index (χ0n) is 15.4. The molecule has 0 bridgehead atoms. The minimum absolute atomic E-state index is 0.0928. The molecular formula is C19H13Cl2N3O6S. The molecule has 0 saturated heterocycles. The molecule has 1 N–H and O–H groups in total. The van der Waals surface area contributed by atoms with E-state index in [-0.39, 0.29) is 22.0 Å². The minimum atomic E-state index is -4.42. The molecule has 3 aromatic rings. The van der Waals surface area contributed by atoms with Gasteiger partial charge in [-0.3, -0.25) is 15.5 Å². The number of carbonyl (C=O) groups excluding carboxylic acids is 1. The Bertz CT molecular complexity index is 1200. The van der Waals surface area contributed by atoms with Crippen LogP contribution in [0.2, 0.25) is 10.0 Å². The maximum Gasteiger partial charge on any atom is 0.449 e. The zero-order valence-corrected chi connectivity index (χ0v) is 17.8. The summed E-state index contributed by atoms with van der Waals surface area (Å²) in [4.78, 5) is 22.7. The van der Waals surface area contributed by atoms with Gasteiger partial charge in [-0.25, -0.2) is 4.79 Å². The number of amides is 1. The number of hydrogen-bond acceptors (Lipinski definition) is 7. The fourth-order valence-electron chi connectivity index (χ4n) is 2.34. The van der Waals surface area contributed by atoms with E-state index < -0.39 is 21.0 Å². The van der Waals surface area contributed by atoms with E-state index in [1.807, 2.05) is 0 Å². The lowest BCUT2D eigenvalue weighted by atomic mass is 10.3. The van der Waals surface area contributed by atoms with E-state index in [4.69, 9.17) is 27.9 Å². The van der Waals surface area contributed by atoms with Gasteiger partial charge in [-0.1, -0.05) is 23.2 Å². The Morgan fingerprint density at radius 3 is 1.94 bits per heavy atom. The van der Waals surface area contributed by atoms with E-state index in [2.05, 4.69) is 5.43 Å². The molecule has 0 aliphatic heterocycles. The molecule has 0 atom stereocenters. The summed E-state index contributed by atoms with van der Waals surface area (Å²) in [6.45, 7) is 0. The summed E-state index contributed by atoms with van der Waals surface area (Å²) in [5.41, 5.74) is 2.50. The molecule has 0 unspecified atom stereocenters. The second-order valence-corrected chi connectivity index (χ2v) is 8.62. The van der Waals surface area contributed by atoms with Gasteiger partial charge in [0.15, 0.2) is 0 Å². The van der Waals surface area contributed by atoms with Gasteiger partial charge in [-0.2, -0.15) is 8.42 Å². The summed E-state index contributed by atoms with van der Waals surface area (Å²) in [6, 6.07) is 15.7. The van der Waals surface area contributed by atoms with Crippen molar-refractivity contribution < 1.29 is 22.9 Å². The fraction of sp³-hybridized carbons (Fsp3) is 0. The van der Waals surface area contributed by atoms with Gasteiger partial charge in [-0.05, 0) is 60.7 Å². The van der Waals surface area contributed by atoms with Gasteiger partial charge >= 0.3 is 6.09 Å². The van der Waals surface area contributed by atoms with E-state index in [1.54, 1.807) is 0 Å². The van der Waals surface area contributed by atoms with E-state index in [0.717, 1.165) is 12.1 Å². The Morgan fingerprint density at radius 1 is 0.903 bits per heavy atom. The Labute approximate surface area is 186 Å². The maximum atomic E-state index is 13.1. The summed E-state index contributed by atoms with van der Waals surface area (Å²) in [5, 5.41) is 11.5. The van der Waals surface area contributed by atoms with Crippen LogP contribution in [0.15, 0.2) is 77.7 Å². The van der Waals surface area contributed by atoms with Crippen LogP contribution in [-0.4, -0.2) is 23.8 Å². The maximum absolute atomic E-state index is 13.1. The highest BCUT2D eigenvalue weighted by Gasteiger charge is 2.32. The van der Waals surface area contributed by atoms with Gasteiger partial charge in [0.05, 0.1) is 15.5 Å². The predicted molar refractivity (Wildman–Crippen MR) is 115 cm³/mol. The number of anilines is 1. The normalized spacial score (nSPS) is 10.9. The summed E-state index contributed by atoms with van der Waals surface area (Å²) in [6.07, 6.45) is -1.29. The van der Waals surface area contributed by atoms with Crippen molar-refractivity contribution in [1.29, 1.82) is 0 Å². The first-order valence-electron chi connectivity index (χ1n) is 8.46. The first kappa shape index (κ1) is 22.3. The summed E-state index contributed by atoms with van der Waals surface area (Å²) in [7, 11) is -4.42. The van der Waals surface area contributed by atoms with Crippen LogP contribution >= 0.6 is 23.2 Å². The van der Waals surface area contributed by atoms with Crippen molar-refractivity contribution in [3.63, 3.8) is 0 Å². The highest BCUT2D eigenvalue weighted by atomic mass is 35.5. The molecule has 0 aromatic heterocycles. The van der Waals surface area contributed by atoms with Crippen molar-refractivity contribution in [3.05, 3.63) is 93.0 Å². The SMILES string of the molecule is O=C(Oc1ccc([N+](=O)[O-])cc1)N(Nc1ccc(Cl)cc1)S(=O)(=O)c1ccc(Cl)cc1. The van der Waals surface area contributed by atoms with Crippen molar-refractivity contribution in [2.24, 2.45) is 0 Å². The molecule has 3 aromatic carbocycles. The van der Waals surface area contributed by atoms with Crippen LogP contribution in [0, 0.1) is 10.1 Å². The van der Waals surface area contributed by atoms with E-state index >= 15 is 0 Å². The first-order chi connectivity index (χ1) is 14.7. The van der Waals surface area contributed by atoms with Crippen LogP contribution in [0.25, 0.3) is 0 Å². The number of rotatable bonds is 6. The monoisotopic (exact) mass is 481 g/mol. The molecule has 1 amide bonds. The van der Waals surface area contributed by atoms with Gasteiger partial charge in [0.2, 0.25) is 0 Å². The third kappa shape index (κ3) is 5.43. The zero-order chi connectivity index (χ0) is 22.6. The van der Waals surface area contributed by atoms with Crippen LogP contribution < -0.4 is 10.2 Å². The van der Waals surface area contributed by atoms with Gasteiger partial charge in [0.25, 0.3) is 15.7 Å². The molecule has 160 valence electrons. The first-order valence-corrected chi connectivity index (χ1v) is 10.7. The fourth-order valence-corrected chi connectivity index (χ4v) is 3.74. The van der Waals surface area contributed by atoms with Gasteiger partial charge < -0.3 is 4.74 Å². The Kier molecular flexibility index (Phi) is 6.64. The number of nitro benzene ring substituents is 1. The highest BCUT2D eigenvalue weighted by molar-refractivity contribution is 7.89. The van der Waals surface area contributed by atoms with Crippen LogP contribution in [-0.2, 0) is 10.0 Å². The molecule has 0 fully saturated rings.